The quantitative estimate of drug-likeness (QED) is 0.586. The molecule has 0 spiro atoms. The standard InChI is InChI=1S/C17H15ClN2/c1-2-3-4-5-9-12-15-13-16(20-17(18)19-15)14-10-7-6-8-11-14/h2-13H,1H3/b3-2-,5-4-,12-9+. The van der Waals surface area contributed by atoms with Gasteiger partial charge in [-0.25, -0.2) is 9.97 Å². The summed E-state index contributed by atoms with van der Waals surface area (Å²) in [6, 6.07) is 11.8. The molecule has 3 heteroatoms. The largest absolute Gasteiger partial charge is 0.223 e. The topological polar surface area (TPSA) is 25.8 Å². The molecule has 0 saturated heterocycles. The lowest BCUT2D eigenvalue weighted by Crippen LogP contribution is -1.90. The molecule has 0 aliphatic heterocycles. The van der Waals surface area contributed by atoms with Gasteiger partial charge in [0, 0.05) is 5.56 Å². The smallest absolute Gasteiger partial charge is 0.218 e. The summed E-state index contributed by atoms with van der Waals surface area (Å²) >= 11 is 5.98. The van der Waals surface area contributed by atoms with Gasteiger partial charge in [-0.15, -0.1) is 0 Å². The van der Waals surface area contributed by atoms with Crippen molar-refractivity contribution in [2.75, 3.05) is 0 Å². The maximum absolute atomic E-state index is 5.98. The highest BCUT2D eigenvalue weighted by atomic mass is 35.5. The molecular formula is C17H15ClN2. The van der Waals surface area contributed by atoms with Gasteiger partial charge in [0.2, 0.25) is 5.28 Å². The summed E-state index contributed by atoms with van der Waals surface area (Å²) in [5, 5.41) is 0.253. The van der Waals surface area contributed by atoms with Crippen LogP contribution in [0.3, 0.4) is 0 Å². The number of benzene rings is 1. The predicted molar refractivity (Wildman–Crippen MR) is 85.5 cm³/mol. The Morgan fingerprint density at radius 1 is 0.950 bits per heavy atom. The number of nitrogens with zero attached hydrogens (tertiary/aromatic N) is 2. The summed E-state index contributed by atoms with van der Waals surface area (Å²) in [7, 11) is 0. The van der Waals surface area contributed by atoms with Gasteiger partial charge in [-0.05, 0) is 30.7 Å². The molecular weight excluding hydrogens is 268 g/mol. The summed E-state index contributed by atoms with van der Waals surface area (Å²) < 4.78 is 0. The molecule has 20 heavy (non-hydrogen) atoms. The Hall–Kier alpha value is -2.19. The molecule has 0 fully saturated rings. The van der Waals surface area contributed by atoms with Gasteiger partial charge in [0.15, 0.2) is 0 Å². The van der Waals surface area contributed by atoms with Crippen molar-refractivity contribution in [3.05, 3.63) is 77.8 Å². The van der Waals surface area contributed by atoms with Crippen LogP contribution in [0.2, 0.25) is 5.28 Å². The molecule has 1 heterocycles. The fourth-order valence-corrected chi connectivity index (χ4v) is 1.86. The minimum absolute atomic E-state index is 0.253. The Balaban J connectivity index is 2.25. The zero-order chi connectivity index (χ0) is 14.2. The average molecular weight is 283 g/mol. The number of hydrogen-bond acceptors (Lipinski definition) is 2. The van der Waals surface area contributed by atoms with Crippen LogP contribution in [0.5, 0.6) is 0 Å². The van der Waals surface area contributed by atoms with E-state index in [0.29, 0.717) is 0 Å². The van der Waals surface area contributed by atoms with Crippen molar-refractivity contribution >= 4 is 17.7 Å². The predicted octanol–water partition coefficient (Wildman–Crippen LogP) is 4.94. The lowest BCUT2D eigenvalue weighted by atomic mass is 10.1. The van der Waals surface area contributed by atoms with Gasteiger partial charge in [-0.1, -0.05) is 60.7 Å². The van der Waals surface area contributed by atoms with E-state index < -0.39 is 0 Å². The van der Waals surface area contributed by atoms with Crippen LogP contribution in [0.4, 0.5) is 0 Å². The third-order valence-corrected chi connectivity index (χ3v) is 2.75. The van der Waals surface area contributed by atoms with Crippen molar-refractivity contribution in [3.63, 3.8) is 0 Å². The summed E-state index contributed by atoms with van der Waals surface area (Å²) in [6.45, 7) is 1.98. The van der Waals surface area contributed by atoms with Crippen molar-refractivity contribution < 1.29 is 0 Å². The minimum Gasteiger partial charge on any atom is -0.218 e. The molecule has 1 aromatic carbocycles. The van der Waals surface area contributed by atoms with E-state index >= 15 is 0 Å². The third-order valence-electron chi connectivity index (χ3n) is 2.58. The molecule has 0 bridgehead atoms. The fourth-order valence-electron chi connectivity index (χ4n) is 1.67. The number of halogens is 1. The number of hydrogen-bond donors (Lipinski definition) is 0. The number of aromatic nitrogens is 2. The number of rotatable bonds is 4. The van der Waals surface area contributed by atoms with Crippen LogP contribution >= 0.6 is 11.6 Å². The van der Waals surface area contributed by atoms with Crippen LogP contribution in [0.15, 0.2) is 66.8 Å². The van der Waals surface area contributed by atoms with E-state index in [4.69, 9.17) is 11.6 Å². The zero-order valence-electron chi connectivity index (χ0n) is 11.2. The van der Waals surface area contributed by atoms with E-state index in [-0.39, 0.29) is 5.28 Å². The van der Waals surface area contributed by atoms with Crippen molar-refractivity contribution in [1.82, 2.24) is 9.97 Å². The molecule has 0 atom stereocenters. The van der Waals surface area contributed by atoms with E-state index in [1.54, 1.807) is 0 Å². The molecule has 0 aliphatic carbocycles. The van der Waals surface area contributed by atoms with Gasteiger partial charge in [-0.3, -0.25) is 0 Å². The maximum atomic E-state index is 5.98. The maximum Gasteiger partial charge on any atom is 0.223 e. The second-order valence-electron chi connectivity index (χ2n) is 4.08. The molecule has 0 N–H and O–H groups in total. The first-order valence-electron chi connectivity index (χ1n) is 6.35. The van der Waals surface area contributed by atoms with Crippen molar-refractivity contribution in [1.29, 1.82) is 0 Å². The van der Waals surface area contributed by atoms with Gasteiger partial charge in [0.05, 0.1) is 11.4 Å². The summed E-state index contributed by atoms with van der Waals surface area (Å²) in [5.41, 5.74) is 2.63. The Morgan fingerprint density at radius 2 is 1.70 bits per heavy atom. The van der Waals surface area contributed by atoms with Crippen molar-refractivity contribution in [2.24, 2.45) is 0 Å². The molecule has 2 aromatic rings. The van der Waals surface area contributed by atoms with Crippen LogP contribution in [0.1, 0.15) is 12.6 Å². The fraction of sp³-hybridized carbons (Fsp3) is 0.0588. The molecule has 1 aromatic heterocycles. The minimum atomic E-state index is 0.253. The molecule has 0 amide bonds. The van der Waals surface area contributed by atoms with Gasteiger partial charge in [-0.2, -0.15) is 0 Å². The first kappa shape index (κ1) is 14.2. The Kier molecular flexibility index (Phi) is 5.27. The van der Waals surface area contributed by atoms with E-state index in [0.717, 1.165) is 17.0 Å². The van der Waals surface area contributed by atoms with Crippen LogP contribution in [-0.4, -0.2) is 9.97 Å². The van der Waals surface area contributed by atoms with Gasteiger partial charge < -0.3 is 0 Å². The average Bonchev–Trinajstić information content (AvgIpc) is 2.47. The van der Waals surface area contributed by atoms with Crippen molar-refractivity contribution in [2.45, 2.75) is 6.92 Å². The highest BCUT2D eigenvalue weighted by Gasteiger charge is 2.02. The molecule has 100 valence electrons. The first-order valence-corrected chi connectivity index (χ1v) is 6.73. The van der Waals surface area contributed by atoms with Crippen LogP contribution in [0.25, 0.3) is 17.3 Å². The van der Waals surface area contributed by atoms with Gasteiger partial charge >= 0.3 is 0 Å². The molecule has 2 nitrogen and oxygen atoms in total. The molecule has 0 radical (unpaired) electrons. The SMILES string of the molecule is C\C=C/C=C\C=C\c1cc(-c2ccccc2)nc(Cl)n1. The van der Waals surface area contributed by atoms with Crippen LogP contribution < -0.4 is 0 Å². The molecule has 0 saturated carbocycles. The van der Waals surface area contributed by atoms with Crippen LogP contribution in [0, 0.1) is 0 Å². The summed E-state index contributed by atoms with van der Waals surface area (Å²) in [5.74, 6) is 0. The Bertz CT molecular complexity index is 643. The first-order chi connectivity index (χ1) is 9.79. The summed E-state index contributed by atoms with van der Waals surface area (Å²) in [4.78, 5) is 8.45. The lowest BCUT2D eigenvalue weighted by molar-refractivity contribution is 1.16. The highest BCUT2D eigenvalue weighted by Crippen LogP contribution is 2.19. The van der Waals surface area contributed by atoms with E-state index in [1.165, 1.54) is 0 Å². The van der Waals surface area contributed by atoms with Gasteiger partial charge in [0.25, 0.3) is 0 Å². The third kappa shape index (κ3) is 4.18. The van der Waals surface area contributed by atoms with Crippen molar-refractivity contribution in [3.8, 4) is 11.3 Å². The molecule has 0 unspecified atom stereocenters. The van der Waals surface area contributed by atoms with Crippen LogP contribution in [-0.2, 0) is 0 Å². The van der Waals surface area contributed by atoms with E-state index in [9.17, 15) is 0 Å². The Labute approximate surface area is 124 Å². The van der Waals surface area contributed by atoms with E-state index in [1.807, 2.05) is 79.8 Å². The number of allylic oxidation sites excluding steroid dienone is 5. The summed E-state index contributed by atoms with van der Waals surface area (Å²) in [6.07, 6.45) is 11.7. The second kappa shape index (κ2) is 7.41. The highest BCUT2D eigenvalue weighted by molar-refractivity contribution is 6.28. The normalized spacial score (nSPS) is 11.9. The second-order valence-corrected chi connectivity index (χ2v) is 4.42. The molecule has 2 rings (SSSR count). The lowest BCUT2D eigenvalue weighted by Gasteiger charge is -2.02. The Morgan fingerprint density at radius 3 is 2.45 bits per heavy atom. The van der Waals surface area contributed by atoms with E-state index in [2.05, 4.69) is 9.97 Å². The molecule has 0 aliphatic rings. The van der Waals surface area contributed by atoms with Gasteiger partial charge in [0.1, 0.15) is 0 Å². The zero-order valence-corrected chi connectivity index (χ0v) is 12.0. The monoisotopic (exact) mass is 282 g/mol.